The Bertz CT molecular complexity index is 1300. The van der Waals surface area contributed by atoms with Gasteiger partial charge in [-0.15, -0.1) is 11.3 Å². The fraction of sp³-hybridized carbons (Fsp3) is 0.0909. The number of rotatable bonds is 8. The number of imidazole rings is 1. The summed E-state index contributed by atoms with van der Waals surface area (Å²) < 4.78 is 43.2. The van der Waals surface area contributed by atoms with Gasteiger partial charge in [0.05, 0.1) is 18.4 Å². The number of nitrogens with one attached hydrogen (secondary N) is 2. The molecule has 0 unspecified atom stereocenters. The van der Waals surface area contributed by atoms with Crippen LogP contribution in [0.25, 0.3) is 5.69 Å². The molecule has 0 saturated heterocycles. The summed E-state index contributed by atoms with van der Waals surface area (Å²) in [6, 6.07) is 14.5. The lowest BCUT2D eigenvalue weighted by molar-refractivity contribution is -0.120. The van der Waals surface area contributed by atoms with Crippen molar-refractivity contribution in [3.05, 3.63) is 95.6 Å². The maximum absolute atomic E-state index is 14.3. The zero-order chi connectivity index (χ0) is 22.6. The standard InChI is InChI=1S/C22H19FN4O3S2/c23-19-12-17(5-8-20(19)27-10-9-24-15-27)14-25-21(28)13-16-3-6-18(7-4-16)26-32(29,30)22-2-1-11-31-22/h1-12,15,26H,13-14H2,(H,25,28). The summed E-state index contributed by atoms with van der Waals surface area (Å²) in [7, 11) is -3.61. The fourth-order valence-corrected chi connectivity index (χ4v) is 5.08. The zero-order valence-electron chi connectivity index (χ0n) is 16.7. The van der Waals surface area contributed by atoms with Crippen molar-refractivity contribution in [3.8, 4) is 5.69 Å². The van der Waals surface area contributed by atoms with Gasteiger partial charge in [-0.25, -0.2) is 17.8 Å². The smallest absolute Gasteiger partial charge is 0.271 e. The predicted molar refractivity (Wildman–Crippen MR) is 121 cm³/mol. The molecule has 0 aliphatic heterocycles. The second kappa shape index (κ2) is 9.33. The molecule has 0 aliphatic carbocycles. The highest BCUT2D eigenvalue weighted by atomic mass is 32.2. The number of hydrogen-bond acceptors (Lipinski definition) is 5. The topological polar surface area (TPSA) is 93.1 Å². The van der Waals surface area contributed by atoms with Gasteiger partial charge in [-0.3, -0.25) is 9.52 Å². The largest absolute Gasteiger partial charge is 0.352 e. The van der Waals surface area contributed by atoms with Crippen LogP contribution in [0.3, 0.4) is 0 Å². The predicted octanol–water partition coefficient (Wildman–Crippen LogP) is 3.73. The number of hydrogen-bond donors (Lipinski definition) is 2. The first kappa shape index (κ1) is 21.7. The molecule has 2 N–H and O–H groups in total. The van der Waals surface area contributed by atoms with E-state index in [4.69, 9.17) is 0 Å². The van der Waals surface area contributed by atoms with E-state index in [1.54, 1.807) is 64.8 Å². The van der Waals surface area contributed by atoms with E-state index in [-0.39, 0.29) is 23.1 Å². The van der Waals surface area contributed by atoms with Crippen LogP contribution in [-0.4, -0.2) is 23.9 Å². The molecule has 0 bridgehead atoms. The van der Waals surface area contributed by atoms with Gasteiger partial charge in [0.25, 0.3) is 10.0 Å². The van der Waals surface area contributed by atoms with E-state index in [9.17, 15) is 17.6 Å². The number of aromatic nitrogens is 2. The van der Waals surface area contributed by atoms with Crippen LogP contribution in [0.2, 0.25) is 0 Å². The molecule has 10 heteroatoms. The number of sulfonamides is 1. The summed E-state index contributed by atoms with van der Waals surface area (Å²) in [5.41, 5.74) is 2.16. The van der Waals surface area contributed by atoms with Gasteiger partial charge in [-0.05, 0) is 46.8 Å². The first-order chi connectivity index (χ1) is 15.4. The number of amides is 1. The van der Waals surface area contributed by atoms with Crippen molar-refractivity contribution in [2.75, 3.05) is 4.72 Å². The van der Waals surface area contributed by atoms with E-state index >= 15 is 0 Å². The van der Waals surface area contributed by atoms with Crippen molar-refractivity contribution in [3.63, 3.8) is 0 Å². The van der Waals surface area contributed by atoms with Crippen LogP contribution in [0.5, 0.6) is 0 Å². The minimum Gasteiger partial charge on any atom is -0.352 e. The Morgan fingerprint density at radius 3 is 2.53 bits per heavy atom. The van der Waals surface area contributed by atoms with Crippen molar-refractivity contribution < 1.29 is 17.6 Å². The highest BCUT2D eigenvalue weighted by Gasteiger charge is 2.15. The third kappa shape index (κ3) is 5.21. The summed E-state index contributed by atoms with van der Waals surface area (Å²) in [5, 5.41) is 4.46. The minimum atomic E-state index is -3.61. The van der Waals surface area contributed by atoms with Gasteiger partial charge < -0.3 is 9.88 Å². The summed E-state index contributed by atoms with van der Waals surface area (Å²) in [6.07, 6.45) is 4.85. The molecule has 7 nitrogen and oxygen atoms in total. The quantitative estimate of drug-likeness (QED) is 0.410. The van der Waals surface area contributed by atoms with Gasteiger partial charge in [0, 0.05) is 24.6 Å². The van der Waals surface area contributed by atoms with E-state index < -0.39 is 15.8 Å². The summed E-state index contributed by atoms with van der Waals surface area (Å²) in [5.74, 6) is -0.633. The molecule has 0 fully saturated rings. The maximum Gasteiger partial charge on any atom is 0.271 e. The number of benzene rings is 2. The number of thiophene rings is 1. The monoisotopic (exact) mass is 470 g/mol. The number of carbonyl (C=O) groups is 1. The first-order valence-corrected chi connectivity index (χ1v) is 12.0. The second-order valence-corrected chi connectivity index (χ2v) is 9.80. The first-order valence-electron chi connectivity index (χ1n) is 9.59. The van der Waals surface area contributed by atoms with E-state index in [1.807, 2.05) is 0 Å². The number of nitrogens with zero attached hydrogens (tertiary/aromatic N) is 2. The van der Waals surface area contributed by atoms with Crippen LogP contribution in [0.4, 0.5) is 10.1 Å². The molecule has 4 rings (SSSR count). The molecule has 1 amide bonds. The van der Waals surface area contributed by atoms with Gasteiger partial charge in [-0.1, -0.05) is 24.3 Å². The van der Waals surface area contributed by atoms with Crippen LogP contribution in [-0.2, 0) is 27.8 Å². The Kier molecular flexibility index (Phi) is 6.33. The number of halogens is 1. The van der Waals surface area contributed by atoms with Crippen molar-refractivity contribution in [1.29, 1.82) is 0 Å². The minimum absolute atomic E-state index is 0.119. The van der Waals surface area contributed by atoms with Crippen LogP contribution in [0.15, 0.2) is 82.9 Å². The molecular formula is C22H19FN4O3S2. The molecule has 2 aromatic heterocycles. The average Bonchev–Trinajstić information content (AvgIpc) is 3.48. The molecule has 164 valence electrons. The summed E-state index contributed by atoms with van der Waals surface area (Å²) in [6.45, 7) is 0.193. The van der Waals surface area contributed by atoms with Gasteiger partial charge in [-0.2, -0.15) is 0 Å². The van der Waals surface area contributed by atoms with Crippen molar-refractivity contribution in [1.82, 2.24) is 14.9 Å². The average molecular weight is 471 g/mol. The van der Waals surface area contributed by atoms with E-state index in [2.05, 4.69) is 15.0 Å². The highest BCUT2D eigenvalue weighted by Crippen LogP contribution is 2.20. The van der Waals surface area contributed by atoms with Gasteiger partial charge >= 0.3 is 0 Å². The summed E-state index contributed by atoms with van der Waals surface area (Å²) in [4.78, 5) is 16.2. The molecule has 2 heterocycles. The molecule has 0 spiro atoms. The number of anilines is 1. The molecule has 0 saturated carbocycles. The number of carbonyl (C=O) groups excluding carboxylic acids is 1. The fourth-order valence-electron chi connectivity index (χ4n) is 3.03. The van der Waals surface area contributed by atoms with E-state index in [0.717, 1.165) is 16.9 Å². The highest BCUT2D eigenvalue weighted by molar-refractivity contribution is 7.94. The normalized spacial score (nSPS) is 11.3. The van der Waals surface area contributed by atoms with Gasteiger partial charge in [0.15, 0.2) is 0 Å². The Morgan fingerprint density at radius 2 is 1.88 bits per heavy atom. The summed E-state index contributed by atoms with van der Waals surface area (Å²) >= 11 is 1.13. The van der Waals surface area contributed by atoms with Crippen LogP contribution in [0.1, 0.15) is 11.1 Å². The Morgan fingerprint density at radius 1 is 1.09 bits per heavy atom. The molecule has 2 aromatic carbocycles. The molecule has 0 aliphatic rings. The van der Waals surface area contributed by atoms with Crippen molar-refractivity contribution in [2.45, 2.75) is 17.2 Å². The maximum atomic E-state index is 14.3. The Labute approximate surface area is 188 Å². The Balaban J connectivity index is 1.31. The third-order valence-electron chi connectivity index (χ3n) is 4.62. The Hall–Kier alpha value is -3.50. The van der Waals surface area contributed by atoms with Crippen molar-refractivity contribution in [2.24, 2.45) is 0 Å². The molecule has 0 radical (unpaired) electrons. The van der Waals surface area contributed by atoms with Crippen LogP contribution < -0.4 is 10.0 Å². The molecule has 32 heavy (non-hydrogen) atoms. The lowest BCUT2D eigenvalue weighted by Gasteiger charge is -2.09. The molecule has 4 aromatic rings. The lowest BCUT2D eigenvalue weighted by atomic mass is 10.1. The third-order valence-corrected chi connectivity index (χ3v) is 7.39. The van der Waals surface area contributed by atoms with Crippen LogP contribution in [0, 0.1) is 5.82 Å². The molecule has 0 atom stereocenters. The molecular weight excluding hydrogens is 451 g/mol. The lowest BCUT2D eigenvalue weighted by Crippen LogP contribution is -2.24. The van der Waals surface area contributed by atoms with Gasteiger partial charge in [0.2, 0.25) is 5.91 Å². The van der Waals surface area contributed by atoms with E-state index in [1.165, 1.54) is 18.5 Å². The van der Waals surface area contributed by atoms with E-state index in [0.29, 0.717) is 16.9 Å². The zero-order valence-corrected chi connectivity index (χ0v) is 18.4. The SMILES string of the molecule is O=C(Cc1ccc(NS(=O)(=O)c2cccs2)cc1)NCc1ccc(-n2ccnc2)c(F)c1. The van der Waals surface area contributed by atoms with Crippen molar-refractivity contribution >= 4 is 33.0 Å². The van der Waals surface area contributed by atoms with Gasteiger partial charge in [0.1, 0.15) is 10.0 Å². The second-order valence-electron chi connectivity index (χ2n) is 6.94. The van der Waals surface area contributed by atoms with Crippen LogP contribution >= 0.6 is 11.3 Å².